The van der Waals surface area contributed by atoms with Gasteiger partial charge < -0.3 is 10.1 Å². The van der Waals surface area contributed by atoms with Crippen molar-refractivity contribution in [2.24, 2.45) is 5.92 Å². The van der Waals surface area contributed by atoms with Crippen LogP contribution < -0.4 is 10.1 Å². The van der Waals surface area contributed by atoms with Crippen LogP contribution in [0.2, 0.25) is 0 Å². The fourth-order valence-electron chi connectivity index (χ4n) is 2.59. The normalized spacial score (nSPS) is 12.7. The van der Waals surface area contributed by atoms with Crippen molar-refractivity contribution >= 4 is 11.3 Å². The van der Waals surface area contributed by atoms with Crippen LogP contribution in [0.3, 0.4) is 0 Å². The number of rotatable bonds is 6. The van der Waals surface area contributed by atoms with E-state index in [0.717, 1.165) is 29.1 Å². The minimum atomic E-state index is 0.360. The number of methoxy groups -OCH3 is 1. The second kappa shape index (κ2) is 7.05. The molecule has 0 bridgehead atoms. The van der Waals surface area contributed by atoms with E-state index in [1.54, 1.807) is 18.4 Å². The highest BCUT2D eigenvalue weighted by Gasteiger charge is 2.17. The van der Waals surface area contributed by atoms with E-state index in [2.05, 4.69) is 48.6 Å². The van der Waals surface area contributed by atoms with Gasteiger partial charge in [-0.2, -0.15) is 0 Å². The molecule has 0 aliphatic carbocycles. The van der Waals surface area contributed by atoms with Crippen LogP contribution in [0.5, 0.6) is 5.75 Å². The van der Waals surface area contributed by atoms with Crippen LogP contribution in [0.25, 0.3) is 0 Å². The van der Waals surface area contributed by atoms with Crippen molar-refractivity contribution in [2.75, 3.05) is 7.11 Å². The summed E-state index contributed by atoms with van der Waals surface area (Å²) in [6.45, 7) is 9.34. The molecule has 4 heteroatoms. The molecule has 2 aromatic heterocycles. The van der Waals surface area contributed by atoms with Crippen molar-refractivity contribution in [1.82, 2.24) is 10.3 Å². The molecule has 0 radical (unpaired) electrons. The van der Waals surface area contributed by atoms with Gasteiger partial charge in [-0.05, 0) is 31.2 Å². The van der Waals surface area contributed by atoms with Gasteiger partial charge in [0.2, 0.25) is 0 Å². The van der Waals surface area contributed by atoms with Crippen molar-refractivity contribution in [3.63, 3.8) is 0 Å². The average Bonchev–Trinajstić information content (AvgIpc) is 2.95. The van der Waals surface area contributed by atoms with E-state index in [4.69, 9.17) is 4.74 Å². The first-order valence-corrected chi connectivity index (χ1v) is 8.18. The third-order valence-electron chi connectivity index (χ3n) is 3.76. The number of aromatic nitrogens is 1. The van der Waals surface area contributed by atoms with Crippen molar-refractivity contribution in [1.29, 1.82) is 0 Å². The quantitative estimate of drug-likeness (QED) is 0.866. The minimum absolute atomic E-state index is 0.360. The summed E-state index contributed by atoms with van der Waals surface area (Å²) in [6, 6.07) is 4.66. The number of thiophene rings is 1. The molecule has 0 amide bonds. The Morgan fingerprint density at radius 2 is 2.10 bits per heavy atom. The lowest BCUT2D eigenvalue weighted by molar-refractivity contribution is 0.400. The first-order valence-electron chi connectivity index (χ1n) is 7.30. The van der Waals surface area contributed by atoms with Crippen molar-refractivity contribution in [2.45, 2.75) is 40.3 Å². The number of nitrogens with one attached hydrogen (secondary N) is 1. The standard InChI is InChI=1S/C17H24N2OS/c1-11(2)16(15-7-6-8-21-15)19-10-14-13(4)17(20-5)12(3)9-18-14/h6-9,11,16,19H,10H2,1-5H3. The van der Waals surface area contributed by atoms with Crippen LogP contribution in [-0.2, 0) is 6.54 Å². The lowest BCUT2D eigenvalue weighted by Gasteiger charge is -2.22. The first-order chi connectivity index (χ1) is 10.0. The molecular formula is C17H24N2OS. The van der Waals surface area contributed by atoms with Gasteiger partial charge >= 0.3 is 0 Å². The lowest BCUT2D eigenvalue weighted by Crippen LogP contribution is -2.25. The summed E-state index contributed by atoms with van der Waals surface area (Å²) in [4.78, 5) is 5.94. The molecule has 1 unspecified atom stereocenters. The highest BCUT2D eigenvalue weighted by Crippen LogP contribution is 2.28. The third-order valence-corrected chi connectivity index (χ3v) is 4.71. The second-order valence-electron chi connectivity index (χ2n) is 5.66. The Morgan fingerprint density at radius 1 is 1.33 bits per heavy atom. The molecule has 3 nitrogen and oxygen atoms in total. The summed E-state index contributed by atoms with van der Waals surface area (Å²) in [5.41, 5.74) is 3.26. The largest absolute Gasteiger partial charge is 0.496 e. The van der Waals surface area contributed by atoms with Crippen molar-refractivity contribution in [3.05, 3.63) is 45.4 Å². The topological polar surface area (TPSA) is 34.1 Å². The highest BCUT2D eigenvalue weighted by atomic mass is 32.1. The Kier molecular flexibility index (Phi) is 5.37. The molecule has 0 spiro atoms. The van der Waals surface area contributed by atoms with Gasteiger partial charge in [0.25, 0.3) is 0 Å². The molecule has 0 aliphatic rings. The number of hydrogen-bond donors (Lipinski definition) is 1. The smallest absolute Gasteiger partial charge is 0.128 e. The number of pyridine rings is 1. The van der Waals surface area contributed by atoms with Gasteiger partial charge in [0, 0.05) is 34.8 Å². The van der Waals surface area contributed by atoms with E-state index in [0.29, 0.717) is 12.0 Å². The molecule has 0 aliphatic heterocycles. The molecule has 1 atom stereocenters. The maximum atomic E-state index is 5.48. The Balaban J connectivity index is 2.15. The number of nitrogens with zero attached hydrogens (tertiary/aromatic N) is 1. The second-order valence-corrected chi connectivity index (χ2v) is 6.64. The predicted molar refractivity (Wildman–Crippen MR) is 89.0 cm³/mol. The fourth-order valence-corrected chi connectivity index (χ4v) is 3.56. The SMILES string of the molecule is COc1c(C)cnc(CNC(c2cccs2)C(C)C)c1C. The van der Waals surface area contributed by atoms with E-state index in [-0.39, 0.29) is 0 Å². The summed E-state index contributed by atoms with van der Waals surface area (Å²) in [7, 11) is 1.72. The monoisotopic (exact) mass is 304 g/mol. The fraction of sp³-hybridized carbons (Fsp3) is 0.471. The predicted octanol–water partition coefficient (Wildman–Crippen LogP) is 4.26. The van der Waals surface area contributed by atoms with Crippen LogP contribution in [-0.4, -0.2) is 12.1 Å². The van der Waals surface area contributed by atoms with Gasteiger partial charge in [-0.25, -0.2) is 0 Å². The van der Waals surface area contributed by atoms with E-state index in [9.17, 15) is 0 Å². The maximum Gasteiger partial charge on any atom is 0.128 e. The molecule has 2 aromatic rings. The summed E-state index contributed by atoms with van der Waals surface area (Å²) in [5.74, 6) is 1.48. The highest BCUT2D eigenvalue weighted by molar-refractivity contribution is 7.10. The van der Waals surface area contributed by atoms with Crippen LogP contribution >= 0.6 is 11.3 Å². The van der Waals surface area contributed by atoms with Crippen LogP contribution in [0, 0.1) is 19.8 Å². The first kappa shape index (κ1) is 16.0. The maximum absolute atomic E-state index is 5.48. The zero-order valence-corrected chi connectivity index (χ0v) is 14.3. The number of ether oxygens (including phenoxy) is 1. The van der Waals surface area contributed by atoms with Gasteiger partial charge in [-0.15, -0.1) is 11.3 Å². The minimum Gasteiger partial charge on any atom is -0.496 e. The molecule has 0 aromatic carbocycles. The van der Waals surface area contributed by atoms with Crippen molar-refractivity contribution < 1.29 is 4.74 Å². The lowest BCUT2D eigenvalue weighted by atomic mass is 10.0. The average molecular weight is 304 g/mol. The molecule has 2 heterocycles. The molecule has 0 saturated carbocycles. The molecule has 1 N–H and O–H groups in total. The molecule has 0 saturated heterocycles. The van der Waals surface area contributed by atoms with Gasteiger partial charge in [0.1, 0.15) is 5.75 Å². The van der Waals surface area contributed by atoms with Crippen LogP contribution in [0.4, 0.5) is 0 Å². The number of aryl methyl sites for hydroxylation is 1. The molecule has 21 heavy (non-hydrogen) atoms. The van der Waals surface area contributed by atoms with Crippen LogP contribution in [0.1, 0.15) is 41.6 Å². The Labute approximate surface area is 131 Å². The zero-order valence-electron chi connectivity index (χ0n) is 13.4. The van der Waals surface area contributed by atoms with Crippen LogP contribution in [0.15, 0.2) is 23.7 Å². The Morgan fingerprint density at radius 3 is 2.67 bits per heavy atom. The van der Waals surface area contributed by atoms with Gasteiger partial charge in [0.15, 0.2) is 0 Å². The molecular weight excluding hydrogens is 280 g/mol. The van der Waals surface area contributed by atoms with E-state index in [1.165, 1.54) is 4.88 Å². The summed E-state index contributed by atoms with van der Waals surface area (Å²) in [6.07, 6.45) is 1.89. The Bertz CT molecular complexity index is 579. The Hall–Kier alpha value is -1.39. The molecule has 114 valence electrons. The van der Waals surface area contributed by atoms with E-state index in [1.807, 2.05) is 13.1 Å². The summed E-state index contributed by atoms with van der Waals surface area (Å²) >= 11 is 1.80. The van der Waals surface area contributed by atoms with Gasteiger partial charge in [-0.3, -0.25) is 4.98 Å². The number of hydrogen-bond acceptors (Lipinski definition) is 4. The van der Waals surface area contributed by atoms with E-state index >= 15 is 0 Å². The third kappa shape index (κ3) is 3.63. The molecule has 0 fully saturated rings. The summed E-state index contributed by atoms with van der Waals surface area (Å²) in [5, 5.41) is 5.77. The summed E-state index contributed by atoms with van der Waals surface area (Å²) < 4.78 is 5.48. The van der Waals surface area contributed by atoms with Gasteiger partial charge in [-0.1, -0.05) is 19.9 Å². The van der Waals surface area contributed by atoms with Gasteiger partial charge in [0.05, 0.1) is 12.8 Å². The van der Waals surface area contributed by atoms with Crippen molar-refractivity contribution in [3.8, 4) is 5.75 Å². The molecule has 2 rings (SSSR count). The zero-order chi connectivity index (χ0) is 15.4. The van der Waals surface area contributed by atoms with E-state index < -0.39 is 0 Å².